The standard InChI is InChI=1S/C56H76N2O10S/c1-5-7-8-9-10-11-12-13-14-19-33-63-55(61)58(38-40-22-28-50-51(34-40)65-39-64-50)52-37-48(57-62-3)46-35-41(20-15-17-30-59)45(21-16-18-31-60)53-47-36-43(67-42-23-26-44(69-4)27-24-42)25-29-49(47)68-56(52,54(46)53)66-32-6-2/h6,22-29,34-36,41,45,52-54,59-60H,2,5,7-21,30-33,37-39H2,1,3-4H3. The van der Waals surface area contributed by atoms with Crippen molar-refractivity contribution in [2.45, 2.75) is 145 Å². The molecule has 2 aliphatic heterocycles. The fourth-order valence-corrected chi connectivity index (χ4v) is 11.4. The van der Waals surface area contributed by atoms with Crippen LogP contribution < -0.4 is 18.9 Å². The summed E-state index contributed by atoms with van der Waals surface area (Å²) in [6.45, 7) is 7.27. The molecule has 6 unspecified atom stereocenters. The van der Waals surface area contributed by atoms with Gasteiger partial charge in [0, 0.05) is 42.6 Å². The summed E-state index contributed by atoms with van der Waals surface area (Å²) >= 11 is 1.68. The molecule has 4 aliphatic rings. The van der Waals surface area contributed by atoms with Crippen LogP contribution in [0.1, 0.15) is 133 Å². The van der Waals surface area contributed by atoms with Gasteiger partial charge in [-0.2, -0.15) is 0 Å². The van der Waals surface area contributed by atoms with E-state index < -0.39 is 23.8 Å². The first-order chi connectivity index (χ1) is 33.9. The van der Waals surface area contributed by atoms with Gasteiger partial charge in [0.15, 0.2) is 11.5 Å². The molecule has 0 spiro atoms. The highest BCUT2D eigenvalue weighted by molar-refractivity contribution is 7.98. The minimum absolute atomic E-state index is 0.0580. The number of hydrogen-bond acceptors (Lipinski definition) is 12. The Labute approximate surface area is 414 Å². The first-order valence-corrected chi connectivity index (χ1v) is 26.9. The Morgan fingerprint density at radius 3 is 2.26 bits per heavy atom. The van der Waals surface area contributed by atoms with Crippen LogP contribution in [0.25, 0.3) is 0 Å². The summed E-state index contributed by atoms with van der Waals surface area (Å²) in [6.07, 6.45) is 22.3. The zero-order chi connectivity index (χ0) is 48.4. The molecular formula is C56H76N2O10S. The van der Waals surface area contributed by atoms with Gasteiger partial charge in [-0.1, -0.05) is 101 Å². The minimum atomic E-state index is -1.45. The monoisotopic (exact) mass is 969 g/mol. The molecule has 0 saturated heterocycles. The second-order valence-corrected chi connectivity index (χ2v) is 19.7. The molecule has 3 aromatic carbocycles. The Hall–Kier alpha value is -4.69. The zero-order valence-corrected chi connectivity index (χ0v) is 42.1. The quantitative estimate of drug-likeness (QED) is 0.0298. The van der Waals surface area contributed by atoms with E-state index in [0.29, 0.717) is 41.6 Å². The summed E-state index contributed by atoms with van der Waals surface area (Å²) in [5.74, 6) is 1.33. The van der Waals surface area contributed by atoms with Crippen LogP contribution in [0.15, 0.2) is 95.0 Å². The summed E-state index contributed by atoms with van der Waals surface area (Å²) < 4.78 is 39.0. The number of carbonyl (C=O) groups excluding carboxylic acids is 1. The molecule has 1 fully saturated rings. The number of nitrogens with zero attached hydrogens (tertiary/aromatic N) is 2. The van der Waals surface area contributed by atoms with Crippen molar-refractivity contribution in [3.05, 3.63) is 96.1 Å². The summed E-state index contributed by atoms with van der Waals surface area (Å²) in [4.78, 5) is 23.6. The summed E-state index contributed by atoms with van der Waals surface area (Å²) in [5.41, 5.74) is 3.48. The number of carbonyl (C=O) groups is 1. The Bertz CT molecular complexity index is 2160. The van der Waals surface area contributed by atoms with E-state index in [1.165, 1.54) is 44.9 Å². The van der Waals surface area contributed by atoms with Gasteiger partial charge in [-0.15, -0.1) is 18.3 Å². The van der Waals surface area contributed by atoms with Gasteiger partial charge in [-0.25, -0.2) is 4.79 Å². The van der Waals surface area contributed by atoms with Crippen molar-refractivity contribution >= 4 is 23.6 Å². The van der Waals surface area contributed by atoms with E-state index in [1.54, 1.807) is 29.8 Å². The first kappa shape index (κ1) is 52.1. The Morgan fingerprint density at radius 2 is 1.55 bits per heavy atom. The van der Waals surface area contributed by atoms with Crippen LogP contribution >= 0.6 is 11.8 Å². The molecule has 69 heavy (non-hydrogen) atoms. The van der Waals surface area contributed by atoms with Crippen LogP contribution in [0.4, 0.5) is 4.79 Å². The molecule has 13 heteroatoms. The Morgan fingerprint density at radius 1 is 0.855 bits per heavy atom. The van der Waals surface area contributed by atoms with Crippen molar-refractivity contribution in [2.75, 3.05) is 46.6 Å². The molecule has 3 aromatic rings. The van der Waals surface area contributed by atoms with E-state index in [9.17, 15) is 10.2 Å². The second kappa shape index (κ2) is 26.5. The number of hydrogen-bond donors (Lipinski definition) is 2. The largest absolute Gasteiger partial charge is 0.459 e. The van der Waals surface area contributed by atoms with E-state index in [1.807, 2.05) is 42.5 Å². The molecule has 6 atom stereocenters. The number of unbranched alkanes of at least 4 members (excludes halogenated alkanes) is 11. The van der Waals surface area contributed by atoms with Crippen molar-refractivity contribution in [2.24, 2.45) is 22.9 Å². The van der Waals surface area contributed by atoms with Crippen LogP contribution in [0.3, 0.4) is 0 Å². The molecule has 1 saturated carbocycles. The number of rotatable bonds is 29. The van der Waals surface area contributed by atoms with Gasteiger partial charge in [0.1, 0.15) is 30.4 Å². The van der Waals surface area contributed by atoms with Gasteiger partial charge in [0.2, 0.25) is 12.6 Å². The number of ether oxygens (including phenoxy) is 6. The first-order valence-electron chi connectivity index (χ1n) is 25.6. The average molecular weight is 969 g/mol. The number of benzene rings is 3. The molecule has 0 aromatic heterocycles. The third kappa shape index (κ3) is 13.0. The van der Waals surface area contributed by atoms with Crippen molar-refractivity contribution in [3.8, 4) is 28.7 Å². The SMILES string of the molecule is C=CCOC12Oc3ccc(Oc4ccc(SC)cc4)cc3C3C(CCCCO)C(CCCCO)C=C(C(=NOC)CC1N(Cc1ccc4c(c1)OCO4)C(=O)OCCCCCCCCCCCC)C32. The maximum Gasteiger partial charge on any atom is 0.410 e. The third-order valence-corrected chi connectivity index (χ3v) is 15.0. The molecule has 2 N–H and O–H groups in total. The van der Waals surface area contributed by atoms with Gasteiger partial charge < -0.3 is 43.5 Å². The number of oxime groups is 1. The Kier molecular flexibility index (Phi) is 20.0. The molecule has 7 rings (SSSR count). The molecule has 2 aliphatic carbocycles. The van der Waals surface area contributed by atoms with Gasteiger partial charge >= 0.3 is 6.09 Å². The van der Waals surface area contributed by atoms with E-state index in [0.717, 1.165) is 72.3 Å². The zero-order valence-electron chi connectivity index (χ0n) is 41.2. The van der Waals surface area contributed by atoms with E-state index >= 15 is 4.79 Å². The second-order valence-electron chi connectivity index (χ2n) is 18.8. The number of aliphatic hydroxyl groups is 2. The molecule has 2 heterocycles. The van der Waals surface area contributed by atoms with Crippen molar-refractivity contribution in [1.29, 1.82) is 0 Å². The lowest BCUT2D eigenvalue weighted by molar-refractivity contribution is -0.256. The van der Waals surface area contributed by atoms with E-state index in [4.69, 9.17) is 38.4 Å². The normalized spacial score (nSPS) is 22.5. The molecule has 0 bridgehead atoms. The van der Waals surface area contributed by atoms with Gasteiger partial charge in [0.25, 0.3) is 0 Å². The fourth-order valence-electron chi connectivity index (χ4n) is 11.0. The topological polar surface area (TPSA) is 138 Å². The molecular weight excluding hydrogens is 893 g/mol. The number of fused-ring (bicyclic) bond motifs is 3. The highest BCUT2D eigenvalue weighted by atomic mass is 32.2. The van der Waals surface area contributed by atoms with Crippen molar-refractivity contribution < 1.29 is 48.3 Å². The summed E-state index contributed by atoms with van der Waals surface area (Å²) in [5, 5.41) is 24.8. The number of allylic oxidation sites excluding steroid dienone is 1. The van der Waals surface area contributed by atoms with Gasteiger partial charge in [-0.05, 0) is 116 Å². The summed E-state index contributed by atoms with van der Waals surface area (Å²) in [7, 11) is 1.56. The molecule has 12 nitrogen and oxygen atoms in total. The summed E-state index contributed by atoms with van der Waals surface area (Å²) in [6, 6.07) is 19.1. The molecule has 0 radical (unpaired) electrons. The predicted molar refractivity (Wildman–Crippen MR) is 272 cm³/mol. The van der Waals surface area contributed by atoms with Crippen LogP contribution in [-0.2, 0) is 20.9 Å². The van der Waals surface area contributed by atoms with Crippen LogP contribution in [0, 0.1) is 17.8 Å². The smallest absolute Gasteiger partial charge is 0.410 e. The lowest BCUT2D eigenvalue weighted by Crippen LogP contribution is -2.70. The highest BCUT2D eigenvalue weighted by Crippen LogP contribution is 2.62. The van der Waals surface area contributed by atoms with Crippen LogP contribution in [0.2, 0.25) is 0 Å². The van der Waals surface area contributed by atoms with Crippen LogP contribution in [-0.4, -0.2) is 85.3 Å². The van der Waals surface area contributed by atoms with Crippen LogP contribution in [0.5, 0.6) is 28.7 Å². The van der Waals surface area contributed by atoms with Gasteiger partial charge in [-0.3, -0.25) is 4.90 Å². The maximum absolute atomic E-state index is 15.1. The highest BCUT2D eigenvalue weighted by Gasteiger charge is 2.65. The third-order valence-electron chi connectivity index (χ3n) is 14.3. The number of amides is 1. The lowest BCUT2D eigenvalue weighted by Gasteiger charge is -2.59. The lowest BCUT2D eigenvalue weighted by atomic mass is 9.55. The fraction of sp³-hybridized carbons (Fsp3) is 0.571. The molecule has 1 amide bonds. The molecule has 376 valence electrons. The van der Waals surface area contributed by atoms with E-state index in [-0.39, 0.29) is 63.9 Å². The van der Waals surface area contributed by atoms with Gasteiger partial charge in [0.05, 0.1) is 24.8 Å². The van der Waals surface area contributed by atoms with Crippen molar-refractivity contribution in [1.82, 2.24) is 4.90 Å². The average Bonchev–Trinajstić information content (AvgIpc) is 3.84. The predicted octanol–water partition coefficient (Wildman–Crippen LogP) is 12.8. The Balaban J connectivity index is 1.30. The minimum Gasteiger partial charge on any atom is -0.459 e. The van der Waals surface area contributed by atoms with Crippen molar-refractivity contribution in [3.63, 3.8) is 0 Å². The number of aliphatic hydroxyl groups excluding tert-OH is 2. The number of thioether (sulfide) groups is 1. The van der Waals surface area contributed by atoms with E-state index in [2.05, 4.69) is 44.0 Å². The maximum atomic E-state index is 15.1.